The van der Waals surface area contributed by atoms with Gasteiger partial charge >= 0.3 is 0 Å². The Morgan fingerprint density at radius 2 is 1.74 bits per heavy atom. The number of carbonyl (C=O) groups excluding carboxylic acids is 1. The van der Waals surface area contributed by atoms with Crippen molar-refractivity contribution in [2.24, 2.45) is 0 Å². The molecule has 0 saturated heterocycles. The fraction of sp³-hybridized carbons (Fsp3) is 0.316. The summed E-state index contributed by atoms with van der Waals surface area (Å²) < 4.78 is 5.23. The number of carbonyl (C=O) groups is 1. The van der Waals surface area contributed by atoms with Gasteiger partial charge in [0.1, 0.15) is 5.75 Å². The lowest BCUT2D eigenvalue weighted by Gasteiger charge is -2.14. The molecule has 2 N–H and O–H groups in total. The van der Waals surface area contributed by atoms with Crippen LogP contribution in [0, 0.1) is 20.8 Å². The number of nitrogens with one attached hydrogen (secondary N) is 2. The van der Waals surface area contributed by atoms with E-state index in [9.17, 15) is 4.79 Å². The van der Waals surface area contributed by atoms with Crippen LogP contribution in [-0.4, -0.2) is 19.6 Å². The van der Waals surface area contributed by atoms with Crippen LogP contribution >= 0.6 is 0 Å². The third-order valence-corrected chi connectivity index (χ3v) is 3.71. The molecule has 0 aromatic heterocycles. The average molecular weight is 312 g/mol. The summed E-state index contributed by atoms with van der Waals surface area (Å²) in [4.78, 5) is 12.1. The summed E-state index contributed by atoms with van der Waals surface area (Å²) in [7, 11) is 1.59. The molecule has 4 heteroatoms. The van der Waals surface area contributed by atoms with E-state index in [4.69, 9.17) is 4.74 Å². The second kappa shape index (κ2) is 7.68. The van der Waals surface area contributed by atoms with Gasteiger partial charge < -0.3 is 15.4 Å². The molecule has 23 heavy (non-hydrogen) atoms. The molecule has 4 nitrogen and oxygen atoms in total. The minimum Gasteiger partial charge on any atom is -0.495 e. The van der Waals surface area contributed by atoms with Gasteiger partial charge in [0.15, 0.2) is 0 Å². The first kappa shape index (κ1) is 16.9. The number of aryl methyl sites for hydroxylation is 3. The van der Waals surface area contributed by atoms with Crippen LogP contribution in [0.3, 0.4) is 0 Å². The van der Waals surface area contributed by atoms with Crippen LogP contribution in [0.5, 0.6) is 5.75 Å². The van der Waals surface area contributed by atoms with E-state index in [2.05, 4.69) is 43.5 Å². The van der Waals surface area contributed by atoms with Crippen molar-refractivity contribution in [2.45, 2.75) is 27.2 Å². The summed E-state index contributed by atoms with van der Waals surface area (Å²) in [5, 5.41) is 6.24. The summed E-state index contributed by atoms with van der Waals surface area (Å²) in [6.45, 7) is 6.84. The number of hydrogen-bond acceptors (Lipinski definition) is 3. The Hall–Kier alpha value is -2.49. The van der Waals surface area contributed by atoms with Gasteiger partial charge in [-0.15, -0.1) is 0 Å². The van der Waals surface area contributed by atoms with Gasteiger partial charge in [-0.25, -0.2) is 0 Å². The van der Waals surface area contributed by atoms with E-state index >= 15 is 0 Å². The van der Waals surface area contributed by atoms with E-state index in [-0.39, 0.29) is 5.91 Å². The molecule has 0 aliphatic carbocycles. The van der Waals surface area contributed by atoms with Crippen LogP contribution in [0.1, 0.15) is 23.1 Å². The molecule has 2 aromatic rings. The first-order valence-electron chi connectivity index (χ1n) is 7.76. The Balaban J connectivity index is 1.90. The van der Waals surface area contributed by atoms with Gasteiger partial charge in [0.05, 0.1) is 12.8 Å². The van der Waals surface area contributed by atoms with E-state index in [1.54, 1.807) is 7.11 Å². The quantitative estimate of drug-likeness (QED) is 0.845. The smallest absolute Gasteiger partial charge is 0.226 e. The number of amides is 1. The molecule has 0 fully saturated rings. The predicted molar refractivity (Wildman–Crippen MR) is 95.4 cm³/mol. The van der Waals surface area contributed by atoms with E-state index in [1.807, 2.05) is 24.3 Å². The maximum atomic E-state index is 12.1. The van der Waals surface area contributed by atoms with Crippen LogP contribution in [0.15, 0.2) is 36.4 Å². The molecule has 0 heterocycles. The number of anilines is 2. The molecule has 2 aromatic carbocycles. The Bertz CT molecular complexity index is 673. The van der Waals surface area contributed by atoms with Gasteiger partial charge in [-0.1, -0.05) is 29.8 Å². The van der Waals surface area contributed by atoms with Crippen molar-refractivity contribution in [3.63, 3.8) is 0 Å². The maximum absolute atomic E-state index is 12.1. The summed E-state index contributed by atoms with van der Waals surface area (Å²) >= 11 is 0. The molecule has 0 saturated carbocycles. The van der Waals surface area contributed by atoms with Crippen molar-refractivity contribution in [2.75, 3.05) is 24.3 Å². The second-order valence-electron chi connectivity index (χ2n) is 5.70. The molecule has 0 aliphatic heterocycles. The van der Waals surface area contributed by atoms with E-state index < -0.39 is 0 Å². The predicted octanol–water partition coefficient (Wildman–Crippen LogP) is 4.06. The zero-order chi connectivity index (χ0) is 16.8. The highest BCUT2D eigenvalue weighted by molar-refractivity contribution is 5.92. The molecule has 1 amide bonds. The molecule has 122 valence electrons. The number of methoxy groups -OCH3 is 1. The van der Waals surface area contributed by atoms with Gasteiger partial charge in [0.2, 0.25) is 5.91 Å². The number of para-hydroxylation sites is 2. The summed E-state index contributed by atoms with van der Waals surface area (Å²) in [6.07, 6.45) is 0.394. The van der Waals surface area contributed by atoms with Crippen LogP contribution in [-0.2, 0) is 4.79 Å². The Morgan fingerprint density at radius 1 is 1.09 bits per heavy atom. The summed E-state index contributed by atoms with van der Waals surface area (Å²) in [5.41, 5.74) is 5.46. The first-order chi connectivity index (χ1) is 11.0. The summed E-state index contributed by atoms with van der Waals surface area (Å²) in [6, 6.07) is 11.7. The van der Waals surface area contributed by atoms with Gasteiger partial charge in [-0.3, -0.25) is 4.79 Å². The van der Waals surface area contributed by atoms with Crippen molar-refractivity contribution in [1.82, 2.24) is 0 Å². The summed E-state index contributed by atoms with van der Waals surface area (Å²) in [5.74, 6) is 0.628. The van der Waals surface area contributed by atoms with Crippen molar-refractivity contribution in [3.8, 4) is 5.75 Å². The molecule has 0 radical (unpaired) electrons. The van der Waals surface area contributed by atoms with Crippen LogP contribution in [0.4, 0.5) is 11.4 Å². The van der Waals surface area contributed by atoms with Crippen LogP contribution in [0.2, 0.25) is 0 Å². The third kappa shape index (κ3) is 4.49. The highest BCUT2D eigenvalue weighted by Gasteiger charge is 2.08. The maximum Gasteiger partial charge on any atom is 0.226 e. The molecular formula is C19H24N2O2. The average Bonchev–Trinajstić information content (AvgIpc) is 2.50. The highest BCUT2D eigenvalue weighted by Crippen LogP contribution is 2.24. The molecule has 0 unspecified atom stereocenters. The largest absolute Gasteiger partial charge is 0.495 e. The fourth-order valence-corrected chi connectivity index (χ4v) is 2.72. The zero-order valence-corrected chi connectivity index (χ0v) is 14.2. The van der Waals surface area contributed by atoms with Gasteiger partial charge in [0.25, 0.3) is 0 Å². The molecule has 0 atom stereocenters. The molecular weight excluding hydrogens is 288 g/mol. The lowest BCUT2D eigenvalue weighted by molar-refractivity contribution is -0.116. The van der Waals surface area contributed by atoms with E-state index in [0.717, 1.165) is 5.69 Å². The monoisotopic (exact) mass is 312 g/mol. The third-order valence-electron chi connectivity index (χ3n) is 3.71. The van der Waals surface area contributed by atoms with Crippen molar-refractivity contribution in [1.29, 1.82) is 0 Å². The fourth-order valence-electron chi connectivity index (χ4n) is 2.72. The van der Waals surface area contributed by atoms with Gasteiger partial charge in [-0.05, 0) is 44.0 Å². The Labute approximate surface area is 137 Å². The zero-order valence-electron chi connectivity index (χ0n) is 14.2. The normalized spacial score (nSPS) is 10.3. The van der Waals surface area contributed by atoms with Crippen molar-refractivity contribution < 1.29 is 9.53 Å². The number of ether oxygens (including phenoxy) is 1. The Kier molecular flexibility index (Phi) is 5.63. The van der Waals surface area contributed by atoms with Gasteiger partial charge in [0, 0.05) is 18.7 Å². The van der Waals surface area contributed by atoms with Crippen LogP contribution in [0.25, 0.3) is 0 Å². The number of hydrogen-bond donors (Lipinski definition) is 2. The molecule has 2 rings (SSSR count). The van der Waals surface area contributed by atoms with Gasteiger partial charge in [-0.2, -0.15) is 0 Å². The molecule has 0 aliphatic rings. The lowest BCUT2D eigenvalue weighted by Crippen LogP contribution is -2.17. The van der Waals surface area contributed by atoms with Crippen molar-refractivity contribution >= 4 is 17.3 Å². The van der Waals surface area contributed by atoms with Crippen LogP contribution < -0.4 is 15.4 Å². The SMILES string of the molecule is COc1ccccc1NC(=O)CCNc1c(C)cc(C)cc1C. The second-order valence-corrected chi connectivity index (χ2v) is 5.70. The highest BCUT2D eigenvalue weighted by atomic mass is 16.5. The van der Waals surface area contributed by atoms with Crippen molar-refractivity contribution in [3.05, 3.63) is 53.1 Å². The number of benzene rings is 2. The standard InChI is InChI=1S/C19H24N2O2/c1-13-11-14(2)19(15(3)12-13)20-10-9-18(22)21-16-7-5-6-8-17(16)23-4/h5-8,11-12,20H,9-10H2,1-4H3,(H,21,22). The minimum absolute atomic E-state index is 0.0376. The Morgan fingerprint density at radius 3 is 2.39 bits per heavy atom. The lowest BCUT2D eigenvalue weighted by atomic mass is 10.1. The van der Waals surface area contributed by atoms with E-state index in [1.165, 1.54) is 16.7 Å². The number of rotatable bonds is 6. The first-order valence-corrected chi connectivity index (χ1v) is 7.76. The molecule has 0 spiro atoms. The van der Waals surface area contributed by atoms with E-state index in [0.29, 0.717) is 24.4 Å². The topological polar surface area (TPSA) is 50.4 Å². The minimum atomic E-state index is -0.0376. The molecule has 0 bridgehead atoms.